The highest BCUT2D eigenvalue weighted by Gasteiger charge is 2.50. The molecule has 3 rings (SSSR count). The van der Waals surface area contributed by atoms with Gasteiger partial charge in [0.25, 0.3) is 0 Å². The Kier molecular flexibility index (Phi) is 5.13. The van der Waals surface area contributed by atoms with Crippen molar-refractivity contribution in [1.29, 1.82) is 0 Å². The Balaban J connectivity index is 1.53. The Morgan fingerprint density at radius 1 is 1.20 bits per heavy atom. The minimum Gasteiger partial charge on any atom is -0.352 e. The van der Waals surface area contributed by atoms with E-state index < -0.39 is 9.84 Å². The van der Waals surface area contributed by atoms with Crippen LogP contribution in [0.5, 0.6) is 0 Å². The first-order valence-corrected chi connectivity index (χ1v) is 10.6. The summed E-state index contributed by atoms with van der Waals surface area (Å²) in [6.45, 7) is 3.07. The van der Waals surface area contributed by atoms with E-state index in [4.69, 9.17) is 0 Å². The number of carbonyl (C=O) groups is 2. The largest absolute Gasteiger partial charge is 0.352 e. The Morgan fingerprint density at radius 2 is 1.92 bits per heavy atom. The zero-order valence-electron chi connectivity index (χ0n) is 14.3. The molecule has 1 saturated heterocycles. The fourth-order valence-electron chi connectivity index (χ4n) is 3.36. The van der Waals surface area contributed by atoms with Gasteiger partial charge in [-0.05, 0) is 25.3 Å². The highest BCUT2D eigenvalue weighted by atomic mass is 32.2. The number of carbonyl (C=O) groups excluding carboxylic acids is 2. The van der Waals surface area contributed by atoms with E-state index in [1.54, 1.807) is 4.90 Å². The Labute approximate surface area is 148 Å². The van der Waals surface area contributed by atoms with E-state index in [0.29, 0.717) is 25.9 Å². The van der Waals surface area contributed by atoms with Crippen LogP contribution in [0.2, 0.25) is 0 Å². The monoisotopic (exact) mass is 364 g/mol. The molecule has 0 radical (unpaired) electrons. The van der Waals surface area contributed by atoms with Gasteiger partial charge in [0.1, 0.15) is 0 Å². The molecule has 3 unspecified atom stereocenters. The normalized spacial score (nSPS) is 26.8. The summed E-state index contributed by atoms with van der Waals surface area (Å²) in [6.07, 6.45) is 1.02. The fourth-order valence-corrected chi connectivity index (χ4v) is 5.03. The molecule has 136 valence electrons. The molecule has 3 atom stereocenters. The quantitative estimate of drug-likeness (QED) is 0.815. The predicted octanol–water partition coefficient (Wildman–Crippen LogP) is 0.975. The maximum absolute atomic E-state index is 12.6. The number of nitrogens with zero attached hydrogens (tertiary/aromatic N) is 1. The average molecular weight is 364 g/mol. The summed E-state index contributed by atoms with van der Waals surface area (Å²) in [5.41, 5.74) is 1.07. The van der Waals surface area contributed by atoms with E-state index in [1.165, 1.54) is 0 Å². The molecule has 1 heterocycles. The van der Waals surface area contributed by atoms with Gasteiger partial charge in [-0.1, -0.05) is 30.3 Å². The molecule has 0 bridgehead atoms. The average Bonchev–Trinajstić information content (AvgIpc) is 3.32. The third-order valence-electron chi connectivity index (χ3n) is 4.93. The number of nitrogens with one attached hydrogen (secondary N) is 1. The number of rotatable bonds is 6. The van der Waals surface area contributed by atoms with Crippen molar-refractivity contribution in [1.82, 2.24) is 10.2 Å². The topological polar surface area (TPSA) is 83.6 Å². The van der Waals surface area contributed by atoms with Gasteiger partial charge < -0.3 is 10.2 Å². The van der Waals surface area contributed by atoms with Crippen LogP contribution in [-0.2, 0) is 26.0 Å². The molecule has 6 nitrogen and oxygen atoms in total. The van der Waals surface area contributed by atoms with Gasteiger partial charge in [-0.2, -0.15) is 0 Å². The zero-order chi connectivity index (χ0) is 18.0. The van der Waals surface area contributed by atoms with Crippen molar-refractivity contribution >= 4 is 21.7 Å². The lowest BCUT2D eigenvalue weighted by atomic mass is 10.2. The zero-order valence-corrected chi connectivity index (χ0v) is 15.2. The molecule has 1 aromatic rings. The summed E-state index contributed by atoms with van der Waals surface area (Å²) in [4.78, 5) is 26.7. The molecular weight excluding hydrogens is 340 g/mol. The van der Waals surface area contributed by atoms with Crippen LogP contribution in [0.4, 0.5) is 0 Å². The van der Waals surface area contributed by atoms with Crippen LogP contribution in [0.25, 0.3) is 0 Å². The maximum atomic E-state index is 12.6. The van der Waals surface area contributed by atoms with E-state index in [9.17, 15) is 18.0 Å². The molecule has 1 aliphatic heterocycles. The minimum absolute atomic E-state index is 0.00514. The predicted molar refractivity (Wildman–Crippen MR) is 94.3 cm³/mol. The number of benzene rings is 1. The molecule has 0 aromatic heterocycles. The molecule has 2 amide bonds. The van der Waals surface area contributed by atoms with Crippen molar-refractivity contribution in [3.05, 3.63) is 35.9 Å². The first-order valence-electron chi connectivity index (χ1n) is 8.73. The smallest absolute Gasteiger partial charge is 0.226 e. The van der Waals surface area contributed by atoms with E-state index in [0.717, 1.165) is 5.56 Å². The van der Waals surface area contributed by atoms with Crippen LogP contribution in [0.15, 0.2) is 30.3 Å². The van der Waals surface area contributed by atoms with E-state index in [2.05, 4.69) is 5.32 Å². The molecule has 1 N–H and O–H groups in total. The van der Waals surface area contributed by atoms with Gasteiger partial charge in [0, 0.05) is 19.1 Å². The van der Waals surface area contributed by atoms with E-state index in [-0.39, 0.29) is 41.2 Å². The first-order chi connectivity index (χ1) is 11.9. The molecule has 1 aliphatic carbocycles. The molecule has 2 fully saturated rings. The van der Waals surface area contributed by atoms with Crippen molar-refractivity contribution in [2.75, 3.05) is 18.1 Å². The molecule has 0 spiro atoms. The Morgan fingerprint density at radius 3 is 2.52 bits per heavy atom. The van der Waals surface area contributed by atoms with Crippen molar-refractivity contribution in [3.63, 3.8) is 0 Å². The summed E-state index contributed by atoms with van der Waals surface area (Å²) in [7, 11) is -3.02. The third kappa shape index (κ3) is 4.39. The summed E-state index contributed by atoms with van der Waals surface area (Å²) in [5, 5.41) is 2.80. The van der Waals surface area contributed by atoms with Crippen LogP contribution in [0.3, 0.4) is 0 Å². The van der Waals surface area contributed by atoms with Crippen molar-refractivity contribution < 1.29 is 18.0 Å². The fraction of sp³-hybridized carbons (Fsp3) is 0.556. The van der Waals surface area contributed by atoms with Crippen LogP contribution in [0.1, 0.15) is 25.3 Å². The number of amides is 2. The molecule has 1 saturated carbocycles. The van der Waals surface area contributed by atoms with Crippen LogP contribution >= 0.6 is 0 Å². The molecule has 7 heteroatoms. The molecule has 25 heavy (non-hydrogen) atoms. The maximum Gasteiger partial charge on any atom is 0.226 e. The highest BCUT2D eigenvalue weighted by Crippen LogP contribution is 2.40. The molecule has 2 aliphatic rings. The van der Waals surface area contributed by atoms with Crippen molar-refractivity contribution in [3.8, 4) is 0 Å². The van der Waals surface area contributed by atoms with Crippen molar-refractivity contribution in [2.45, 2.75) is 32.4 Å². The van der Waals surface area contributed by atoms with Gasteiger partial charge in [0.05, 0.1) is 23.3 Å². The third-order valence-corrected chi connectivity index (χ3v) is 6.70. The summed E-state index contributed by atoms with van der Waals surface area (Å²) in [6, 6.07) is 9.47. The number of hydrogen-bond donors (Lipinski definition) is 1. The summed E-state index contributed by atoms with van der Waals surface area (Å²) >= 11 is 0. The van der Waals surface area contributed by atoms with Gasteiger partial charge in [-0.25, -0.2) is 8.42 Å². The minimum atomic E-state index is -3.02. The lowest BCUT2D eigenvalue weighted by molar-refractivity contribution is -0.135. The van der Waals surface area contributed by atoms with Gasteiger partial charge in [-0.3, -0.25) is 9.59 Å². The summed E-state index contributed by atoms with van der Waals surface area (Å²) < 4.78 is 22.9. The molecular formula is C18H24N2O4S. The van der Waals surface area contributed by atoms with Gasteiger partial charge in [-0.15, -0.1) is 0 Å². The standard InChI is InChI=1S/C18H24N2O4S/c1-2-20(11-13-6-4-3-5-7-13)18(22)16-10-15(16)17(21)19-14-8-9-25(23,24)12-14/h3-7,14-16H,2,8-12H2,1H3,(H,19,21). The van der Waals surface area contributed by atoms with E-state index in [1.807, 2.05) is 37.3 Å². The Hall–Kier alpha value is -1.89. The number of sulfone groups is 1. The first kappa shape index (κ1) is 17.9. The van der Waals surface area contributed by atoms with Crippen LogP contribution in [0, 0.1) is 11.8 Å². The van der Waals surface area contributed by atoms with E-state index >= 15 is 0 Å². The van der Waals surface area contributed by atoms with Crippen molar-refractivity contribution in [2.24, 2.45) is 11.8 Å². The van der Waals surface area contributed by atoms with Crippen LogP contribution < -0.4 is 5.32 Å². The second-order valence-electron chi connectivity index (χ2n) is 6.90. The second-order valence-corrected chi connectivity index (χ2v) is 9.12. The Bertz CT molecular complexity index is 748. The van der Waals surface area contributed by atoms with Crippen LogP contribution in [-0.4, -0.2) is 49.2 Å². The highest BCUT2D eigenvalue weighted by molar-refractivity contribution is 7.91. The lowest BCUT2D eigenvalue weighted by Gasteiger charge is -2.21. The number of hydrogen-bond acceptors (Lipinski definition) is 4. The SMILES string of the molecule is CCN(Cc1ccccc1)C(=O)C1CC1C(=O)NC1CCS(=O)(=O)C1. The van der Waals surface area contributed by atoms with Gasteiger partial charge in [0.2, 0.25) is 11.8 Å². The van der Waals surface area contributed by atoms with Gasteiger partial charge >= 0.3 is 0 Å². The molecule has 1 aromatic carbocycles. The lowest BCUT2D eigenvalue weighted by Crippen LogP contribution is -2.38. The summed E-state index contributed by atoms with van der Waals surface area (Å²) in [5.74, 6) is -0.630. The van der Waals surface area contributed by atoms with Gasteiger partial charge in [0.15, 0.2) is 9.84 Å². The second kappa shape index (κ2) is 7.15.